The van der Waals surface area contributed by atoms with E-state index in [-0.39, 0.29) is 11.8 Å². The molecular weight excluding hydrogens is 332 g/mol. The standard InChI is InChI=1S/C20H20N2O4/c1-12-17(19(23)21-13-4-8-15(25-2)9-5-13)18(12)20(24)22-14-6-10-16(26-3)11-7-14/h4-11,17-18H,1H2,2-3H3,(H,21,23)(H,22,24)/t17-,18?/m0/s1. The van der Waals surface area contributed by atoms with Crippen molar-refractivity contribution in [1.29, 1.82) is 0 Å². The molecule has 1 fully saturated rings. The summed E-state index contributed by atoms with van der Waals surface area (Å²) in [4.78, 5) is 24.8. The fourth-order valence-electron chi connectivity index (χ4n) is 2.74. The van der Waals surface area contributed by atoms with Crippen LogP contribution >= 0.6 is 0 Å². The number of ether oxygens (including phenoxy) is 2. The van der Waals surface area contributed by atoms with Gasteiger partial charge in [-0.05, 0) is 48.5 Å². The smallest absolute Gasteiger partial charge is 0.232 e. The van der Waals surface area contributed by atoms with Crippen molar-refractivity contribution < 1.29 is 19.1 Å². The van der Waals surface area contributed by atoms with Gasteiger partial charge >= 0.3 is 0 Å². The van der Waals surface area contributed by atoms with Gasteiger partial charge in [0, 0.05) is 11.4 Å². The highest BCUT2D eigenvalue weighted by Crippen LogP contribution is 2.45. The van der Waals surface area contributed by atoms with Crippen molar-refractivity contribution in [3.8, 4) is 11.5 Å². The largest absolute Gasteiger partial charge is 0.497 e. The van der Waals surface area contributed by atoms with Crippen molar-refractivity contribution >= 4 is 23.2 Å². The molecule has 1 saturated carbocycles. The molecule has 1 aliphatic carbocycles. The maximum Gasteiger partial charge on any atom is 0.232 e. The van der Waals surface area contributed by atoms with Crippen molar-refractivity contribution in [2.75, 3.05) is 24.9 Å². The molecule has 0 spiro atoms. The van der Waals surface area contributed by atoms with E-state index in [1.807, 2.05) is 0 Å². The summed E-state index contributed by atoms with van der Waals surface area (Å²) in [7, 11) is 3.15. The van der Waals surface area contributed by atoms with Crippen molar-refractivity contribution in [2.24, 2.45) is 11.8 Å². The van der Waals surface area contributed by atoms with Crippen LogP contribution in [0, 0.1) is 11.8 Å². The number of carbonyl (C=O) groups excluding carboxylic acids is 2. The van der Waals surface area contributed by atoms with Crippen molar-refractivity contribution in [2.45, 2.75) is 0 Å². The Kier molecular flexibility index (Phi) is 4.93. The second-order valence-corrected chi connectivity index (χ2v) is 5.97. The lowest BCUT2D eigenvalue weighted by molar-refractivity contribution is -0.122. The topological polar surface area (TPSA) is 76.7 Å². The van der Waals surface area contributed by atoms with Crippen LogP contribution in [-0.4, -0.2) is 26.0 Å². The summed E-state index contributed by atoms with van der Waals surface area (Å²) in [5.74, 6) is -0.109. The van der Waals surface area contributed by atoms with Gasteiger partial charge in [0.25, 0.3) is 0 Å². The summed E-state index contributed by atoms with van der Waals surface area (Å²) in [6.07, 6.45) is 0. The molecule has 3 rings (SSSR count). The molecule has 0 bridgehead atoms. The first-order valence-corrected chi connectivity index (χ1v) is 8.12. The molecule has 6 heteroatoms. The van der Waals surface area contributed by atoms with E-state index in [4.69, 9.17) is 9.47 Å². The number of rotatable bonds is 6. The highest BCUT2D eigenvalue weighted by Gasteiger charge is 2.52. The molecule has 2 aromatic carbocycles. The molecule has 1 aliphatic rings. The third kappa shape index (κ3) is 3.69. The fourth-order valence-corrected chi connectivity index (χ4v) is 2.74. The van der Waals surface area contributed by atoms with Crippen LogP contribution < -0.4 is 20.1 Å². The quantitative estimate of drug-likeness (QED) is 0.784. The first kappa shape index (κ1) is 17.5. The summed E-state index contributed by atoms with van der Waals surface area (Å²) >= 11 is 0. The first-order chi connectivity index (χ1) is 12.5. The minimum Gasteiger partial charge on any atom is -0.497 e. The SMILES string of the molecule is C=C1C(C(=O)Nc2ccc(OC)cc2)[C@H]1C(=O)Nc1ccc(OC)cc1. The zero-order valence-electron chi connectivity index (χ0n) is 14.6. The van der Waals surface area contributed by atoms with Crippen LogP contribution in [0.2, 0.25) is 0 Å². The Bertz CT molecular complexity index is 758. The molecule has 0 saturated heterocycles. The first-order valence-electron chi connectivity index (χ1n) is 8.12. The number of anilines is 2. The van der Waals surface area contributed by atoms with Gasteiger partial charge in [-0.15, -0.1) is 0 Å². The number of hydrogen-bond donors (Lipinski definition) is 2. The average Bonchev–Trinajstić information content (AvgIpc) is 3.34. The van der Waals surface area contributed by atoms with Gasteiger partial charge in [0.05, 0.1) is 26.1 Å². The van der Waals surface area contributed by atoms with Crippen LogP contribution in [0.4, 0.5) is 11.4 Å². The Morgan fingerprint density at radius 3 is 1.42 bits per heavy atom. The van der Waals surface area contributed by atoms with Gasteiger partial charge < -0.3 is 20.1 Å². The predicted octanol–water partition coefficient (Wildman–Crippen LogP) is 3.08. The van der Waals surface area contributed by atoms with E-state index in [0.29, 0.717) is 28.4 Å². The van der Waals surface area contributed by atoms with Crippen molar-refractivity contribution in [3.05, 3.63) is 60.7 Å². The molecule has 2 aromatic rings. The van der Waals surface area contributed by atoms with E-state index >= 15 is 0 Å². The second kappa shape index (κ2) is 7.31. The second-order valence-electron chi connectivity index (χ2n) is 5.97. The van der Waals surface area contributed by atoms with Crippen LogP contribution in [-0.2, 0) is 9.59 Å². The van der Waals surface area contributed by atoms with Gasteiger partial charge in [-0.25, -0.2) is 0 Å². The number of methoxy groups -OCH3 is 2. The molecule has 2 amide bonds. The van der Waals surface area contributed by atoms with E-state index in [1.54, 1.807) is 62.8 Å². The third-order valence-corrected chi connectivity index (χ3v) is 4.30. The van der Waals surface area contributed by atoms with Crippen molar-refractivity contribution in [1.82, 2.24) is 0 Å². The minimum absolute atomic E-state index is 0.241. The Balaban J connectivity index is 1.58. The van der Waals surface area contributed by atoms with Gasteiger partial charge in [-0.3, -0.25) is 9.59 Å². The molecule has 0 aliphatic heterocycles. The molecule has 1 unspecified atom stereocenters. The maximum absolute atomic E-state index is 12.4. The molecule has 6 nitrogen and oxygen atoms in total. The molecule has 2 N–H and O–H groups in total. The average molecular weight is 352 g/mol. The normalized spacial score (nSPS) is 18.0. The van der Waals surface area contributed by atoms with E-state index in [0.717, 1.165) is 0 Å². The fraction of sp³-hybridized carbons (Fsp3) is 0.200. The predicted molar refractivity (Wildman–Crippen MR) is 99.4 cm³/mol. The summed E-state index contributed by atoms with van der Waals surface area (Å²) in [5.41, 5.74) is 1.90. The Labute approximate surface area is 151 Å². The number of hydrogen-bond acceptors (Lipinski definition) is 4. The van der Waals surface area contributed by atoms with Crippen LogP contribution in [0.3, 0.4) is 0 Å². The van der Waals surface area contributed by atoms with Crippen LogP contribution in [0.15, 0.2) is 60.7 Å². The molecule has 0 heterocycles. The van der Waals surface area contributed by atoms with Gasteiger partial charge in [0.2, 0.25) is 11.8 Å². The maximum atomic E-state index is 12.4. The summed E-state index contributed by atoms with van der Waals surface area (Å²) < 4.78 is 10.2. The van der Waals surface area contributed by atoms with E-state index in [2.05, 4.69) is 17.2 Å². The van der Waals surface area contributed by atoms with Crippen LogP contribution in [0.25, 0.3) is 0 Å². The minimum atomic E-state index is -0.518. The van der Waals surface area contributed by atoms with Crippen LogP contribution in [0.1, 0.15) is 0 Å². The molecular formula is C20H20N2O4. The molecule has 26 heavy (non-hydrogen) atoms. The monoisotopic (exact) mass is 352 g/mol. The Morgan fingerprint density at radius 2 is 1.12 bits per heavy atom. The molecule has 0 radical (unpaired) electrons. The summed E-state index contributed by atoms with van der Waals surface area (Å²) in [6.45, 7) is 3.85. The van der Waals surface area contributed by atoms with Gasteiger partial charge in [0.1, 0.15) is 11.5 Å². The lowest BCUT2D eigenvalue weighted by Crippen LogP contribution is -2.20. The zero-order valence-corrected chi connectivity index (χ0v) is 14.6. The number of carbonyl (C=O) groups is 2. The van der Waals surface area contributed by atoms with Gasteiger partial charge in [-0.2, -0.15) is 0 Å². The van der Waals surface area contributed by atoms with Crippen LogP contribution in [0.5, 0.6) is 11.5 Å². The van der Waals surface area contributed by atoms with Gasteiger partial charge in [0.15, 0.2) is 0 Å². The third-order valence-electron chi connectivity index (χ3n) is 4.30. The van der Waals surface area contributed by atoms with Crippen molar-refractivity contribution in [3.63, 3.8) is 0 Å². The molecule has 2 atom stereocenters. The van der Waals surface area contributed by atoms with E-state index < -0.39 is 11.8 Å². The number of amides is 2. The highest BCUT2D eigenvalue weighted by molar-refractivity contribution is 6.08. The zero-order chi connectivity index (χ0) is 18.7. The Morgan fingerprint density at radius 1 is 0.769 bits per heavy atom. The molecule has 134 valence electrons. The Hall–Kier alpha value is -3.28. The van der Waals surface area contributed by atoms with E-state index in [1.165, 1.54) is 0 Å². The number of nitrogens with one attached hydrogen (secondary N) is 2. The number of benzene rings is 2. The highest BCUT2D eigenvalue weighted by atomic mass is 16.5. The summed E-state index contributed by atoms with van der Waals surface area (Å²) in [5, 5.41) is 5.60. The van der Waals surface area contributed by atoms with Gasteiger partial charge in [-0.1, -0.05) is 12.2 Å². The lowest BCUT2D eigenvalue weighted by Gasteiger charge is -2.07. The molecule has 0 aromatic heterocycles. The lowest BCUT2D eigenvalue weighted by atomic mass is 10.2. The summed E-state index contributed by atoms with van der Waals surface area (Å²) in [6, 6.07) is 14.0. The van der Waals surface area contributed by atoms with E-state index in [9.17, 15) is 9.59 Å².